The van der Waals surface area contributed by atoms with Gasteiger partial charge in [-0.3, -0.25) is 0 Å². The van der Waals surface area contributed by atoms with E-state index in [4.69, 9.17) is 4.98 Å². The van der Waals surface area contributed by atoms with E-state index in [1.165, 1.54) is 36.4 Å². The molecule has 2 atom stereocenters. The minimum Gasteiger partial charge on any atom is -0.316 e. The van der Waals surface area contributed by atoms with E-state index >= 15 is 0 Å². The zero-order valence-electron chi connectivity index (χ0n) is 12.1. The predicted octanol–water partition coefficient (Wildman–Crippen LogP) is 2.46. The summed E-state index contributed by atoms with van der Waals surface area (Å²) >= 11 is 1.98. The molecule has 0 saturated carbocycles. The maximum absolute atomic E-state index is 5.04. The van der Waals surface area contributed by atoms with E-state index in [0.717, 1.165) is 26.1 Å². The fourth-order valence-electron chi connectivity index (χ4n) is 3.54. The summed E-state index contributed by atoms with van der Waals surface area (Å²) in [5.74, 6) is 0.605. The largest absolute Gasteiger partial charge is 0.316 e. The third-order valence-corrected chi connectivity index (χ3v) is 6.04. The van der Waals surface area contributed by atoms with Gasteiger partial charge in [0.25, 0.3) is 0 Å². The van der Waals surface area contributed by atoms with Gasteiger partial charge < -0.3 is 10.6 Å². The molecular weight excluding hydrogens is 254 g/mol. The quantitative estimate of drug-likeness (QED) is 0.892. The van der Waals surface area contributed by atoms with Gasteiger partial charge in [-0.25, -0.2) is 4.98 Å². The average Bonchev–Trinajstić information content (AvgIpc) is 2.86. The lowest BCUT2D eigenvalue weighted by molar-refractivity contribution is 0.170. The summed E-state index contributed by atoms with van der Waals surface area (Å²) in [5, 5.41) is 8.65. The minimum atomic E-state index is 0.113. The molecule has 1 aromatic rings. The molecule has 1 aromatic heterocycles. The summed E-state index contributed by atoms with van der Waals surface area (Å²) in [6, 6.07) is 0. The number of aromatic nitrogens is 1. The predicted molar refractivity (Wildman–Crippen MR) is 80.8 cm³/mol. The van der Waals surface area contributed by atoms with Crippen molar-refractivity contribution in [2.75, 3.05) is 19.6 Å². The number of aryl methyl sites for hydroxylation is 2. The van der Waals surface area contributed by atoms with E-state index in [1.54, 1.807) is 4.88 Å². The molecule has 2 aliphatic rings. The lowest BCUT2D eigenvalue weighted by Crippen LogP contribution is -2.55. The summed E-state index contributed by atoms with van der Waals surface area (Å²) in [4.78, 5) is 6.60. The number of piperidine rings is 1. The molecule has 3 rings (SSSR count). The molecular formula is C15H25N3S. The second kappa shape index (κ2) is 5.51. The first-order chi connectivity index (χ1) is 9.26. The Labute approximate surface area is 120 Å². The molecule has 1 aliphatic carbocycles. The third-order valence-electron chi connectivity index (χ3n) is 4.71. The molecule has 19 heavy (non-hydrogen) atoms. The van der Waals surface area contributed by atoms with Crippen molar-refractivity contribution in [1.82, 2.24) is 15.6 Å². The van der Waals surface area contributed by atoms with E-state index in [1.807, 2.05) is 11.3 Å². The van der Waals surface area contributed by atoms with Gasteiger partial charge in [-0.1, -0.05) is 13.8 Å². The van der Waals surface area contributed by atoms with Crippen LogP contribution >= 0.6 is 11.3 Å². The Morgan fingerprint density at radius 3 is 3.00 bits per heavy atom. The van der Waals surface area contributed by atoms with Gasteiger partial charge in [0.05, 0.1) is 11.2 Å². The lowest BCUT2D eigenvalue weighted by Gasteiger charge is -2.42. The van der Waals surface area contributed by atoms with Crippen LogP contribution in [0.4, 0.5) is 0 Å². The molecule has 0 spiro atoms. The maximum atomic E-state index is 5.04. The standard InChI is InChI=1S/C15H25N3S/c1-3-17-15(8-9-16-10-11(15)2)14-18-12-6-4-5-7-13(12)19-14/h11,16-17H,3-10H2,1-2H3. The van der Waals surface area contributed by atoms with Crippen LogP contribution < -0.4 is 10.6 Å². The molecule has 2 heterocycles. The van der Waals surface area contributed by atoms with Crippen molar-refractivity contribution in [3.05, 3.63) is 15.6 Å². The highest BCUT2D eigenvalue weighted by Crippen LogP contribution is 2.39. The Morgan fingerprint density at radius 2 is 2.26 bits per heavy atom. The van der Waals surface area contributed by atoms with E-state index < -0.39 is 0 Å². The van der Waals surface area contributed by atoms with Gasteiger partial charge in [0, 0.05) is 4.88 Å². The average molecular weight is 279 g/mol. The second-order valence-corrected chi connectivity index (χ2v) is 7.04. The van der Waals surface area contributed by atoms with Crippen LogP contribution in [0, 0.1) is 5.92 Å². The first-order valence-corrected chi connectivity index (χ1v) is 8.52. The number of hydrogen-bond donors (Lipinski definition) is 2. The van der Waals surface area contributed by atoms with Crippen LogP contribution in [0.1, 0.15) is 48.7 Å². The molecule has 106 valence electrons. The molecule has 1 fully saturated rings. The van der Waals surface area contributed by atoms with E-state index in [-0.39, 0.29) is 5.54 Å². The first kappa shape index (κ1) is 13.5. The van der Waals surface area contributed by atoms with Crippen LogP contribution in [0.3, 0.4) is 0 Å². The van der Waals surface area contributed by atoms with Gasteiger partial charge in [0.15, 0.2) is 0 Å². The van der Waals surface area contributed by atoms with Crippen LogP contribution in [-0.2, 0) is 18.4 Å². The Morgan fingerprint density at radius 1 is 1.42 bits per heavy atom. The van der Waals surface area contributed by atoms with Crippen molar-refractivity contribution in [3.63, 3.8) is 0 Å². The number of thiazole rings is 1. The third kappa shape index (κ3) is 2.34. The molecule has 2 N–H and O–H groups in total. The number of fused-ring (bicyclic) bond motifs is 1. The Hall–Kier alpha value is -0.450. The van der Waals surface area contributed by atoms with E-state index in [9.17, 15) is 0 Å². The molecule has 2 unspecified atom stereocenters. The maximum Gasteiger partial charge on any atom is 0.114 e. The van der Waals surface area contributed by atoms with Gasteiger partial charge in [-0.15, -0.1) is 11.3 Å². The lowest BCUT2D eigenvalue weighted by atomic mass is 9.80. The van der Waals surface area contributed by atoms with Crippen molar-refractivity contribution in [2.24, 2.45) is 5.92 Å². The van der Waals surface area contributed by atoms with Crippen molar-refractivity contribution in [1.29, 1.82) is 0 Å². The van der Waals surface area contributed by atoms with Gasteiger partial charge >= 0.3 is 0 Å². The molecule has 0 aromatic carbocycles. The number of rotatable bonds is 3. The smallest absolute Gasteiger partial charge is 0.114 e. The fourth-order valence-corrected chi connectivity index (χ4v) is 5.00. The number of hydrogen-bond acceptors (Lipinski definition) is 4. The summed E-state index contributed by atoms with van der Waals surface area (Å²) in [6.45, 7) is 7.78. The minimum absolute atomic E-state index is 0.113. The molecule has 0 amide bonds. The van der Waals surface area contributed by atoms with Crippen molar-refractivity contribution >= 4 is 11.3 Å². The van der Waals surface area contributed by atoms with Crippen LogP contribution in [-0.4, -0.2) is 24.6 Å². The molecule has 4 heteroatoms. The van der Waals surface area contributed by atoms with E-state index in [2.05, 4.69) is 24.5 Å². The Kier molecular flexibility index (Phi) is 3.92. The summed E-state index contributed by atoms with van der Waals surface area (Å²) in [6.07, 6.45) is 6.28. The molecule has 1 aliphatic heterocycles. The SMILES string of the molecule is CCNC1(c2nc3c(s2)CCCC3)CCNCC1C. The van der Waals surface area contributed by atoms with E-state index in [0.29, 0.717) is 5.92 Å². The topological polar surface area (TPSA) is 37.0 Å². The molecule has 0 bridgehead atoms. The van der Waals surface area contributed by atoms with Gasteiger partial charge in [-0.2, -0.15) is 0 Å². The summed E-state index contributed by atoms with van der Waals surface area (Å²) in [7, 11) is 0. The highest BCUT2D eigenvalue weighted by atomic mass is 32.1. The Bertz CT molecular complexity index is 415. The highest BCUT2D eigenvalue weighted by molar-refractivity contribution is 7.11. The summed E-state index contributed by atoms with van der Waals surface area (Å²) < 4.78 is 0. The molecule has 1 saturated heterocycles. The molecule has 0 radical (unpaired) electrons. The monoisotopic (exact) mass is 279 g/mol. The van der Waals surface area contributed by atoms with Crippen LogP contribution in [0.5, 0.6) is 0 Å². The number of nitrogens with zero attached hydrogens (tertiary/aromatic N) is 1. The first-order valence-electron chi connectivity index (χ1n) is 7.71. The van der Waals surface area contributed by atoms with Crippen LogP contribution in [0.2, 0.25) is 0 Å². The van der Waals surface area contributed by atoms with Crippen molar-refractivity contribution in [2.45, 2.75) is 51.5 Å². The van der Waals surface area contributed by atoms with Crippen LogP contribution in [0.15, 0.2) is 0 Å². The zero-order valence-corrected chi connectivity index (χ0v) is 12.9. The highest BCUT2D eigenvalue weighted by Gasteiger charge is 2.42. The van der Waals surface area contributed by atoms with Gasteiger partial charge in [0.2, 0.25) is 0 Å². The Balaban J connectivity index is 1.97. The van der Waals surface area contributed by atoms with Crippen molar-refractivity contribution < 1.29 is 0 Å². The normalized spacial score (nSPS) is 31.2. The number of nitrogens with one attached hydrogen (secondary N) is 2. The summed E-state index contributed by atoms with van der Waals surface area (Å²) in [5.41, 5.74) is 1.51. The zero-order chi connectivity index (χ0) is 13.3. The molecule has 3 nitrogen and oxygen atoms in total. The van der Waals surface area contributed by atoms with Crippen LogP contribution in [0.25, 0.3) is 0 Å². The van der Waals surface area contributed by atoms with Gasteiger partial charge in [0.1, 0.15) is 5.01 Å². The second-order valence-electron chi connectivity index (χ2n) is 5.95. The fraction of sp³-hybridized carbons (Fsp3) is 0.800. The van der Waals surface area contributed by atoms with Gasteiger partial charge in [-0.05, 0) is 57.7 Å². The van der Waals surface area contributed by atoms with Crippen molar-refractivity contribution in [3.8, 4) is 0 Å².